The molecule has 8 nitrogen and oxygen atoms in total. The van der Waals surface area contributed by atoms with Crippen LogP contribution in [0.15, 0.2) is 48.7 Å². The quantitative estimate of drug-likeness (QED) is 0.562. The first-order valence-corrected chi connectivity index (χ1v) is 11.4. The second kappa shape index (κ2) is 9.23. The Morgan fingerprint density at radius 3 is 2.94 bits per heavy atom. The fourth-order valence-electron chi connectivity index (χ4n) is 4.91. The first-order valence-electron chi connectivity index (χ1n) is 11.4. The third-order valence-electron chi connectivity index (χ3n) is 6.70. The van der Waals surface area contributed by atoms with E-state index in [9.17, 15) is 14.4 Å². The smallest absolute Gasteiger partial charge is 0.238 e. The largest absolute Gasteiger partial charge is 0.497 e. The summed E-state index contributed by atoms with van der Waals surface area (Å²) in [6.45, 7) is 0. The molecule has 0 spiro atoms. The molecule has 34 heavy (non-hydrogen) atoms. The molecule has 4 atom stereocenters. The Balaban J connectivity index is 1.27. The number of carbonyl (C=O) groups excluding carboxylic acids is 1. The summed E-state index contributed by atoms with van der Waals surface area (Å²) in [6, 6.07) is 13.6. The van der Waals surface area contributed by atoms with Crippen molar-refractivity contribution < 1.29 is 13.9 Å². The van der Waals surface area contributed by atoms with Gasteiger partial charge in [-0.05, 0) is 55.0 Å². The molecule has 2 N–H and O–H groups in total. The molecule has 1 saturated carbocycles. The number of nitrogens with zero attached hydrogens (tertiary/aromatic N) is 4. The summed E-state index contributed by atoms with van der Waals surface area (Å²) in [5.74, 6) is 0.384. The molecule has 2 fully saturated rings. The lowest BCUT2D eigenvalue weighted by Crippen LogP contribution is -2.50. The Hall–Kier alpha value is -3.77. The van der Waals surface area contributed by atoms with Crippen LogP contribution < -0.4 is 15.4 Å². The van der Waals surface area contributed by atoms with Crippen molar-refractivity contribution in [1.29, 1.82) is 5.26 Å². The van der Waals surface area contributed by atoms with Gasteiger partial charge in [-0.2, -0.15) is 5.26 Å². The highest BCUT2D eigenvalue weighted by Crippen LogP contribution is 2.35. The summed E-state index contributed by atoms with van der Waals surface area (Å²) in [5.41, 5.74) is 2.32. The van der Waals surface area contributed by atoms with Gasteiger partial charge in [0.05, 0.1) is 31.1 Å². The Kier molecular flexibility index (Phi) is 5.99. The summed E-state index contributed by atoms with van der Waals surface area (Å²) < 4.78 is 21.6. The van der Waals surface area contributed by atoms with Gasteiger partial charge in [-0.15, -0.1) is 5.10 Å². The minimum atomic E-state index is -0.806. The van der Waals surface area contributed by atoms with Crippen molar-refractivity contribution >= 4 is 5.91 Å². The van der Waals surface area contributed by atoms with Gasteiger partial charge in [-0.3, -0.25) is 4.79 Å². The van der Waals surface area contributed by atoms with Crippen LogP contribution in [0, 0.1) is 23.1 Å². The standard InChI is InChI=1S/C25H25FN6O2/c1-34-21-4-2-3-16(11-21)23-14-32(31-30-23)20-8-6-15(22(26)12-20)9-19(13-27)29-25(33)24-17-5-7-18(10-17)28-24/h2-4,6,8,11-12,14,17-19,24,28H,5,7,9-10H2,1H3,(H,29,33). The van der Waals surface area contributed by atoms with Crippen molar-refractivity contribution in [3.63, 3.8) is 0 Å². The Morgan fingerprint density at radius 1 is 1.35 bits per heavy atom. The minimum Gasteiger partial charge on any atom is -0.497 e. The lowest BCUT2D eigenvalue weighted by atomic mass is 9.98. The number of nitrogens with one attached hydrogen (secondary N) is 2. The van der Waals surface area contributed by atoms with Crippen LogP contribution in [0.4, 0.5) is 4.39 Å². The molecule has 1 saturated heterocycles. The van der Waals surface area contributed by atoms with E-state index in [0.717, 1.165) is 24.8 Å². The Labute approximate surface area is 196 Å². The van der Waals surface area contributed by atoms with Crippen molar-refractivity contribution in [3.8, 4) is 28.8 Å². The Bertz CT molecular complexity index is 1250. The van der Waals surface area contributed by atoms with Gasteiger partial charge in [0.1, 0.15) is 23.3 Å². The molecule has 1 aromatic heterocycles. The minimum absolute atomic E-state index is 0.0849. The molecule has 174 valence electrons. The van der Waals surface area contributed by atoms with Gasteiger partial charge in [0, 0.05) is 18.0 Å². The molecule has 3 aromatic rings. The molecule has 4 unspecified atom stereocenters. The second-order valence-corrected chi connectivity index (χ2v) is 8.86. The Morgan fingerprint density at radius 2 is 2.24 bits per heavy atom. The number of aromatic nitrogens is 3. The lowest BCUT2D eigenvalue weighted by Gasteiger charge is -2.23. The highest BCUT2D eigenvalue weighted by Gasteiger charge is 2.43. The van der Waals surface area contributed by atoms with E-state index in [1.54, 1.807) is 25.4 Å². The van der Waals surface area contributed by atoms with E-state index in [2.05, 4.69) is 27.0 Å². The monoisotopic (exact) mass is 460 g/mol. The molecule has 2 bridgehead atoms. The van der Waals surface area contributed by atoms with Gasteiger partial charge in [0.15, 0.2) is 0 Å². The van der Waals surface area contributed by atoms with E-state index in [1.807, 2.05) is 24.3 Å². The van der Waals surface area contributed by atoms with Gasteiger partial charge < -0.3 is 15.4 Å². The van der Waals surface area contributed by atoms with Crippen LogP contribution in [0.25, 0.3) is 16.9 Å². The van der Waals surface area contributed by atoms with Crippen LogP contribution in [0.5, 0.6) is 5.75 Å². The predicted octanol–water partition coefficient (Wildman–Crippen LogP) is 2.77. The number of benzene rings is 2. The normalized spacial score (nSPS) is 21.7. The number of fused-ring (bicyclic) bond motifs is 2. The summed E-state index contributed by atoms with van der Waals surface area (Å²) in [4.78, 5) is 12.6. The molecule has 1 amide bonds. The number of hydrogen-bond donors (Lipinski definition) is 2. The third-order valence-corrected chi connectivity index (χ3v) is 6.70. The maximum Gasteiger partial charge on any atom is 0.238 e. The fourth-order valence-corrected chi connectivity index (χ4v) is 4.91. The van der Waals surface area contributed by atoms with Gasteiger partial charge in [-0.25, -0.2) is 9.07 Å². The highest BCUT2D eigenvalue weighted by atomic mass is 19.1. The molecule has 2 heterocycles. The number of ether oxygens (including phenoxy) is 1. The molecule has 9 heteroatoms. The molecule has 2 aliphatic rings. The second-order valence-electron chi connectivity index (χ2n) is 8.86. The zero-order valence-electron chi connectivity index (χ0n) is 18.7. The number of carbonyl (C=O) groups is 1. The zero-order chi connectivity index (χ0) is 23.7. The number of amides is 1. The van der Waals surface area contributed by atoms with E-state index in [1.165, 1.54) is 10.7 Å². The molecule has 1 aliphatic carbocycles. The van der Waals surface area contributed by atoms with Crippen molar-refractivity contribution in [2.24, 2.45) is 5.92 Å². The fraction of sp³-hybridized carbons (Fsp3) is 0.360. The average molecular weight is 461 g/mol. The van der Waals surface area contributed by atoms with Gasteiger partial charge >= 0.3 is 0 Å². The molecular formula is C25H25FN6O2. The third kappa shape index (κ3) is 4.37. The van der Waals surface area contributed by atoms with E-state index in [4.69, 9.17) is 4.74 Å². The lowest BCUT2D eigenvalue weighted by molar-refractivity contribution is -0.124. The summed E-state index contributed by atoms with van der Waals surface area (Å²) in [7, 11) is 1.60. The SMILES string of the molecule is COc1cccc(-c2cn(-c3ccc(CC(C#N)NC(=O)C4NC5CCC4C5)c(F)c3)nn2)c1. The molecule has 5 rings (SSSR count). The van der Waals surface area contributed by atoms with Crippen molar-refractivity contribution in [1.82, 2.24) is 25.6 Å². The number of methoxy groups -OCH3 is 1. The van der Waals surface area contributed by atoms with Crippen LogP contribution in [-0.2, 0) is 11.2 Å². The topological polar surface area (TPSA) is 105 Å². The number of nitriles is 1. The van der Waals surface area contributed by atoms with Crippen LogP contribution in [0.3, 0.4) is 0 Å². The van der Waals surface area contributed by atoms with Crippen molar-refractivity contribution in [2.45, 2.75) is 43.8 Å². The maximum absolute atomic E-state index is 14.9. The van der Waals surface area contributed by atoms with Crippen LogP contribution in [0.2, 0.25) is 0 Å². The highest BCUT2D eigenvalue weighted by molar-refractivity contribution is 5.83. The van der Waals surface area contributed by atoms with Gasteiger partial charge in [0.25, 0.3) is 0 Å². The number of halogens is 1. The maximum atomic E-state index is 14.9. The van der Waals surface area contributed by atoms with Gasteiger partial charge in [0.2, 0.25) is 5.91 Å². The van der Waals surface area contributed by atoms with Gasteiger partial charge in [-0.1, -0.05) is 23.4 Å². The summed E-state index contributed by atoms with van der Waals surface area (Å²) >= 11 is 0. The first-order chi connectivity index (χ1) is 16.5. The molecule has 0 radical (unpaired) electrons. The molecular weight excluding hydrogens is 435 g/mol. The van der Waals surface area contributed by atoms with E-state index >= 15 is 0 Å². The van der Waals surface area contributed by atoms with E-state index in [0.29, 0.717) is 34.7 Å². The number of rotatable bonds is 7. The van der Waals surface area contributed by atoms with Crippen molar-refractivity contribution in [3.05, 3.63) is 60.0 Å². The molecule has 2 aromatic carbocycles. The average Bonchev–Trinajstić information content (AvgIpc) is 3.62. The number of piperidine rings is 1. The number of hydrogen-bond acceptors (Lipinski definition) is 6. The first kappa shape index (κ1) is 22.0. The predicted molar refractivity (Wildman–Crippen MR) is 123 cm³/mol. The van der Waals surface area contributed by atoms with Crippen LogP contribution in [-0.4, -0.2) is 46.1 Å². The molecule has 1 aliphatic heterocycles. The van der Waals surface area contributed by atoms with E-state index in [-0.39, 0.29) is 18.4 Å². The summed E-state index contributed by atoms with van der Waals surface area (Å²) in [5, 5.41) is 23.9. The summed E-state index contributed by atoms with van der Waals surface area (Å²) in [6.07, 6.45) is 4.93. The van der Waals surface area contributed by atoms with Crippen LogP contribution in [0.1, 0.15) is 24.8 Å². The van der Waals surface area contributed by atoms with Crippen LogP contribution >= 0.6 is 0 Å². The zero-order valence-corrected chi connectivity index (χ0v) is 18.7. The van der Waals surface area contributed by atoms with E-state index < -0.39 is 11.9 Å². The van der Waals surface area contributed by atoms with Crippen molar-refractivity contribution in [2.75, 3.05) is 7.11 Å².